The van der Waals surface area contributed by atoms with Gasteiger partial charge in [0.2, 0.25) is 6.10 Å². The third kappa shape index (κ3) is 6.41. The van der Waals surface area contributed by atoms with Gasteiger partial charge in [0.1, 0.15) is 0 Å². The van der Waals surface area contributed by atoms with E-state index in [0.29, 0.717) is 41.3 Å². The maximum Gasteiger partial charge on any atom is 0.415 e. The van der Waals surface area contributed by atoms with Gasteiger partial charge in [0.25, 0.3) is 5.91 Å². The van der Waals surface area contributed by atoms with Crippen LogP contribution in [0.25, 0.3) is 10.9 Å². The first-order valence-corrected chi connectivity index (χ1v) is 13.0. The fraction of sp³-hybridized carbons (Fsp3) is 0.233. The Balaban J connectivity index is 1.76. The fourth-order valence-corrected chi connectivity index (χ4v) is 4.51. The van der Waals surface area contributed by atoms with E-state index in [4.69, 9.17) is 21.1 Å². The summed E-state index contributed by atoms with van der Waals surface area (Å²) in [5, 5.41) is 4.17. The molecule has 0 saturated carbocycles. The van der Waals surface area contributed by atoms with Gasteiger partial charge in [-0.15, -0.1) is 0 Å². The molecule has 1 unspecified atom stereocenters. The summed E-state index contributed by atoms with van der Waals surface area (Å²) >= 11 is 6.39. The van der Waals surface area contributed by atoms with Crippen molar-refractivity contribution in [3.63, 3.8) is 0 Å². The van der Waals surface area contributed by atoms with Crippen LogP contribution in [0.5, 0.6) is 5.75 Å². The summed E-state index contributed by atoms with van der Waals surface area (Å²) in [7, 11) is 0. The Hall–Kier alpha value is -4.30. The molecule has 3 aromatic carbocycles. The van der Waals surface area contributed by atoms with Crippen LogP contribution < -0.4 is 10.1 Å². The lowest BCUT2D eigenvalue weighted by Gasteiger charge is -2.21. The molecular formula is C30H30ClN3O5. The van der Waals surface area contributed by atoms with E-state index in [1.165, 1.54) is 11.8 Å². The van der Waals surface area contributed by atoms with E-state index in [-0.39, 0.29) is 5.75 Å². The molecule has 0 saturated heterocycles. The van der Waals surface area contributed by atoms with Gasteiger partial charge in [0.15, 0.2) is 5.75 Å². The van der Waals surface area contributed by atoms with Gasteiger partial charge in [-0.3, -0.25) is 9.59 Å². The minimum absolute atomic E-state index is 0.179. The van der Waals surface area contributed by atoms with Crippen LogP contribution in [-0.2, 0) is 20.9 Å². The number of carbonyl (C=O) groups excluding carboxylic acids is 3. The van der Waals surface area contributed by atoms with E-state index in [1.54, 1.807) is 36.4 Å². The van der Waals surface area contributed by atoms with Gasteiger partial charge in [0, 0.05) is 48.7 Å². The van der Waals surface area contributed by atoms with E-state index >= 15 is 0 Å². The van der Waals surface area contributed by atoms with Crippen LogP contribution in [0.2, 0.25) is 5.02 Å². The van der Waals surface area contributed by atoms with Crippen molar-refractivity contribution in [1.82, 2.24) is 9.47 Å². The summed E-state index contributed by atoms with van der Waals surface area (Å²) in [6.07, 6.45) is 0.140. The number of hydrogen-bond acceptors (Lipinski definition) is 5. The standard InChI is InChI=1S/C30H30ClN3O5/c1-4-33(5-2)30(37)39-26-16-15-25-23(17-18-34(25)19-22-13-9-10-14-24(22)31)27(26)32-29(36)28(38-20(3)35)21-11-7-6-8-12-21/h6-18,28H,4-5,19H2,1-3H3,(H,32,36). The maximum absolute atomic E-state index is 13.6. The predicted molar refractivity (Wildman–Crippen MR) is 151 cm³/mol. The highest BCUT2D eigenvalue weighted by Gasteiger charge is 2.27. The summed E-state index contributed by atoms with van der Waals surface area (Å²) in [4.78, 5) is 39.8. The predicted octanol–water partition coefficient (Wildman–Crippen LogP) is 6.43. The molecule has 0 aliphatic rings. The second-order valence-corrected chi connectivity index (χ2v) is 9.24. The maximum atomic E-state index is 13.6. The SMILES string of the molecule is CCN(CC)C(=O)Oc1ccc2c(ccn2Cc2ccccc2Cl)c1NC(=O)C(OC(C)=O)c1ccccc1. The van der Waals surface area contributed by atoms with Crippen molar-refractivity contribution in [2.45, 2.75) is 33.4 Å². The highest BCUT2D eigenvalue weighted by atomic mass is 35.5. The monoisotopic (exact) mass is 547 g/mol. The number of benzene rings is 3. The molecule has 8 nitrogen and oxygen atoms in total. The second-order valence-electron chi connectivity index (χ2n) is 8.84. The zero-order chi connectivity index (χ0) is 27.9. The fourth-order valence-electron chi connectivity index (χ4n) is 4.31. The molecule has 1 aromatic heterocycles. The molecule has 4 rings (SSSR count). The Labute approximate surface area is 232 Å². The number of nitrogens with one attached hydrogen (secondary N) is 1. The van der Waals surface area contributed by atoms with E-state index in [9.17, 15) is 14.4 Å². The van der Waals surface area contributed by atoms with Crippen LogP contribution in [0, 0.1) is 0 Å². The minimum Gasteiger partial charge on any atom is -0.447 e. The van der Waals surface area contributed by atoms with E-state index < -0.39 is 24.1 Å². The molecule has 0 radical (unpaired) electrons. The number of halogens is 1. The third-order valence-electron chi connectivity index (χ3n) is 6.30. The average Bonchev–Trinajstić information content (AvgIpc) is 3.33. The first kappa shape index (κ1) is 27.7. The first-order valence-electron chi connectivity index (χ1n) is 12.7. The number of fused-ring (bicyclic) bond motifs is 1. The largest absolute Gasteiger partial charge is 0.447 e. The van der Waals surface area contributed by atoms with Crippen molar-refractivity contribution in [3.05, 3.63) is 95.1 Å². The number of rotatable bonds is 9. The van der Waals surface area contributed by atoms with Crippen molar-refractivity contribution >= 4 is 46.2 Å². The molecule has 9 heteroatoms. The molecule has 202 valence electrons. The number of nitrogens with zero attached hydrogens (tertiary/aromatic N) is 2. The molecule has 1 N–H and O–H groups in total. The summed E-state index contributed by atoms with van der Waals surface area (Å²) in [6.45, 7) is 6.39. The van der Waals surface area contributed by atoms with Crippen LogP contribution in [0.4, 0.5) is 10.5 Å². The quantitative estimate of drug-likeness (QED) is 0.244. The Morgan fingerprint density at radius 2 is 1.64 bits per heavy atom. The molecule has 4 aromatic rings. The van der Waals surface area contributed by atoms with Gasteiger partial charge in [-0.2, -0.15) is 0 Å². The molecule has 1 atom stereocenters. The summed E-state index contributed by atoms with van der Waals surface area (Å²) in [6, 6.07) is 21.6. The van der Waals surface area contributed by atoms with Crippen molar-refractivity contribution in [2.24, 2.45) is 0 Å². The van der Waals surface area contributed by atoms with Crippen molar-refractivity contribution in [2.75, 3.05) is 18.4 Å². The number of aromatic nitrogens is 1. The third-order valence-corrected chi connectivity index (χ3v) is 6.67. The van der Waals surface area contributed by atoms with Crippen molar-refractivity contribution in [1.29, 1.82) is 0 Å². The van der Waals surface area contributed by atoms with E-state index in [0.717, 1.165) is 11.1 Å². The molecule has 2 amide bonds. The molecular weight excluding hydrogens is 518 g/mol. The average molecular weight is 548 g/mol. The van der Waals surface area contributed by atoms with Gasteiger partial charge in [-0.1, -0.05) is 60.1 Å². The zero-order valence-electron chi connectivity index (χ0n) is 22.0. The molecule has 0 aliphatic heterocycles. The molecule has 1 heterocycles. The lowest BCUT2D eigenvalue weighted by molar-refractivity contribution is -0.152. The molecule has 0 spiro atoms. The highest BCUT2D eigenvalue weighted by molar-refractivity contribution is 6.31. The van der Waals surface area contributed by atoms with Gasteiger partial charge < -0.3 is 24.3 Å². The topological polar surface area (TPSA) is 89.9 Å². The van der Waals surface area contributed by atoms with Crippen LogP contribution in [0.1, 0.15) is 38.0 Å². The van der Waals surface area contributed by atoms with Crippen LogP contribution in [0.3, 0.4) is 0 Å². The number of amides is 2. The molecule has 39 heavy (non-hydrogen) atoms. The lowest BCUT2D eigenvalue weighted by Crippen LogP contribution is -2.33. The summed E-state index contributed by atoms with van der Waals surface area (Å²) < 4.78 is 13.1. The number of carbonyl (C=O) groups is 3. The number of hydrogen-bond donors (Lipinski definition) is 1. The second kappa shape index (κ2) is 12.5. The zero-order valence-corrected chi connectivity index (χ0v) is 22.8. The van der Waals surface area contributed by atoms with Gasteiger partial charge in [-0.25, -0.2) is 4.79 Å². The molecule has 0 bridgehead atoms. The Morgan fingerprint density at radius 1 is 0.949 bits per heavy atom. The normalized spacial score (nSPS) is 11.6. The van der Waals surface area contributed by atoms with Gasteiger partial charge >= 0.3 is 12.1 Å². The first-order chi connectivity index (χ1) is 18.8. The summed E-state index contributed by atoms with van der Waals surface area (Å²) in [5.74, 6) is -1.00. The van der Waals surface area contributed by atoms with Crippen molar-refractivity contribution in [3.8, 4) is 5.75 Å². The number of esters is 1. The minimum atomic E-state index is -1.20. The number of anilines is 1. The molecule has 0 aliphatic carbocycles. The van der Waals surface area contributed by atoms with Crippen LogP contribution in [0.15, 0.2) is 79.0 Å². The smallest absolute Gasteiger partial charge is 0.415 e. The lowest BCUT2D eigenvalue weighted by atomic mass is 10.1. The molecule has 0 fully saturated rings. The Morgan fingerprint density at radius 3 is 2.31 bits per heavy atom. The number of ether oxygens (including phenoxy) is 2. The van der Waals surface area contributed by atoms with Crippen molar-refractivity contribution < 1.29 is 23.9 Å². The summed E-state index contributed by atoms with van der Waals surface area (Å²) in [5.41, 5.74) is 2.52. The van der Waals surface area contributed by atoms with E-state index in [1.807, 2.05) is 61.0 Å². The highest BCUT2D eigenvalue weighted by Crippen LogP contribution is 2.36. The van der Waals surface area contributed by atoms with Gasteiger partial charge in [-0.05, 0) is 43.7 Å². The van der Waals surface area contributed by atoms with Gasteiger partial charge in [0.05, 0.1) is 11.2 Å². The van der Waals surface area contributed by atoms with Crippen LogP contribution in [-0.4, -0.2) is 40.5 Å². The Bertz CT molecular complexity index is 1480. The Kier molecular flexibility index (Phi) is 8.88. The van der Waals surface area contributed by atoms with E-state index in [2.05, 4.69) is 5.32 Å². The van der Waals surface area contributed by atoms with Crippen LogP contribution >= 0.6 is 11.6 Å².